The number of hydrogen-bond acceptors (Lipinski definition) is 3. The third-order valence-corrected chi connectivity index (χ3v) is 1.53. The van der Waals surface area contributed by atoms with Gasteiger partial charge in [0, 0.05) is 12.3 Å². The summed E-state index contributed by atoms with van der Waals surface area (Å²) in [5.41, 5.74) is 0.669. The van der Waals surface area contributed by atoms with E-state index in [2.05, 4.69) is 15.6 Å². The summed E-state index contributed by atoms with van der Waals surface area (Å²) in [5.74, 6) is 2.47. The summed E-state index contributed by atoms with van der Waals surface area (Å²) in [6.07, 6.45) is 7.16. The maximum absolute atomic E-state index is 9.05. The lowest BCUT2D eigenvalue weighted by Gasteiger charge is -2.01. The zero-order valence-corrected chi connectivity index (χ0v) is 6.24. The van der Waals surface area contributed by atoms with Gasteiger partial charge in [0.25, 0.3) is 0 Å². The van der Waals surface area contributed by atoms with E-state index >= 15 is 0 Å². The Hall–Kier alpha value is -1.43. The fraction of sp³-hybridized carbons (Fsp3) is 0.375. The van der Waals surface area contributed by atoms with Crippen LogP contribution < -0.4 is 0 Å². The van der Waals surface area contributed by atoms with E-state index in [0.717, 1.165) is 0 Å². The largest absolute Gasteiger partial charge is 0.479 e. The second kappa shape index (κ2) is 3.11. The molecule has 0 saturated heterocycles. The Morgan fingerprint density at radius 3 is 3.09 bits per heavy atom. The van der Waals surface area contributed by atoms with E-state index in [9.17, 15) is 0 Å². The van der Waals surface area contributed by atoms with Gasteiger partial charge in [0.1, 0.15) is 0 Å². The topological polar surface area (TPSA) is 46.3 Å². The van der Waals surface area contributed by atoms with Crippen LogP contribution in [0.4, 0.5) is 0 Å². The number of aromatic nitrogens is 1. The molecule has 0 aliphatic carbocycles. The molecule has 0 fully saturated rings. The molecule has 0 aromatic carbocycles. The lowest BCUT2D eigenvalue weighted by molar-refractivity contribution is 0.274. The first kappa shape index (κ1) is 7.67. The highest BCUT2D eigenvalue weighted by molar-refractivity contribution is 5.23. The van der Waals surface area contributed by atoms with Gasteiger partial charge in [0.05, 0.1) is 11.8 Å². The Kier molecular flexibility index (Phi) is 2.17. The maximum Gasteiger partial charge on any atom is 0.312 e. The molecule has 0 aliphatic rings. The molecule has 1 N–H and O–H groups in total. The van der Waals surface area contributed by atoms with Gasteiger partial charge in [0.2, 0.25) is 0 Å². The second-order valence-corrected chi connectivity index (χ2v) is 2.40. The first-order valence-corrected chi connectivity index (χ1v) is 3.32. The van der Waals surface area contributed by atoms with Crippen LogP contribution in [0.1, 0.15) is 24.8 Å². The zero-order chi connectivity index (χ0) is 8.27. The van der Waals surface area contributed by atoms with E-state index in [1.54, 1.807) is 0 Å². The summed E-state index contributed by atoms with van der Waals surface area (Å²) in [4.78, 5) is 0. The fourth-order valence-electron chi connectivity index (χ4n) is 0.866. The molecule has 1 atom stereocenters. The minimum absolute atomic E-state index is 0.103. The van der Waals surface area contributed by atoms with Gasteiger partial charge in [-0.2, -0.15) is 0 Å². The molecule has 0 saturated carbocycles. The van der Waals surface area contributed by atoms with Crippen LogP contribution in [0.3, 0.4) is 0 Å². The molecular formula is C8H9NO2. The van der Waals surface area contributed by atoms with E-state index in [4.69, 9.17) is 11.5 Å². The van der Waals surface area contributed by atoms with Crippen molar-refractivity contribution in [3.8, 4) is 18.3 Å². The highest BCUT2D eigenvalue weighted by Gasteiger charge is 2.12. The molecule has 0 unspecified atom stereocenters. The molecule has 3 nitrogen and oxygen atoms in total. The van der Waals surface area contributed by atoms with Crippen molar-refractivity contribution in [2.45, 2.75) is 19.3 Å². The molecule has 3 heteroatoms. The van der Waals surface area contributed by atoms with Crippen molar-refractivity contribution < 1.29 is 9.63 Å². The zero-order valence-electron chi connectivity index (χ0n) is 6.24. The van der Waals surface area contributed by atoms with Crippen LogP contribution in [0.15, 0.2) is 10.7 Å². The number of nitrogens with zero attached hydrogens (tertiary/aromatic N) is 1. The van der Waals surface area contributed by atoms with Crippen molar-refractivity contribution in [3.63, 3.8) is 0 Å². The Morgan fingerprint density at radius 1 is 1.91 bits per heavy atom. The number of hydrogen-bond donors (Lipinski definition) is 1. The van der Waals surface area contributed by atoms with Crippen LogP contribution in [0, 0.1) is 12.3 Å². The van der Waals surface area contributed by atoms with Crippen molar-refractivity contribution in [3.05, 3.63) is 11.8 Å². The SMILES string of the molecule is C#CC[C@H](C)c1cnoc1O. The van der Waals surface area contributed by atoms with Crippen molar-refractivity contribution in [1.82, 2.24) is 5.16 Å². The molecule has 1 aromatic rings. The molecule has 0 bridgehead atoms. The molecule has 58 valence electrons. The number of aromatic hydroxyl groups is 1. The summed E-state index contributed by atoms with van der Waals surface area (Å²) in [7, 11) is 0. The van der Waals surface area contributed by atoms with Crippen LogP contribution in [-0.4, -0.2) is 10.3 Å². The van der Waals surface area contributed by atoms with Crippen LogP contribution in [0.5, 0.6) is 5.95 Å². The fourth-order valence-corrected chi connectivity index (χ4v) is 0.866. The lowest BCUT2D eigenvalue weighted by atomic mass is 10.0. The van der Waals surface area contributed by atoms with E-state index in [-0.39, 0.29) is 11.9 Å². The first-order chi connectivity index (χ1) is 5.25. The van der Waals surface area contributed by atoms with Gasteiger partial charge in [-0.3, -0.25) is 0 Å². The standard InChI is InChI=1S/C8H9NO2/c1-3-4-6(2)7-5-9-11-8(7)10/h1,5-6,10H,4H2,2H3/t6-/m0/s1. The second-order valence-electron chi connectivity index (χ2n) is 2.40. The highest BCUT2D eigenvalue weighted by atomic mass is 16.5. The molecule has 0 spiro atoms. The van der Waals surface area contributed by atoms with E-state index in [1.807, 2.05) is 6.92 Å². The van der Waals surface area contributed by atoms with Crippen molar-refractivity contribution >= 4 is 0 Å². The van der Waals surface area contributed by atoms with Crippen molar-refractivity contribution in [2.24, 2.45) is 0 Å². The van der Waals surface area contributed by atoms with Gasteiger partial charge in [-0.1, -0.05) is 12.1 Å². The Balaban J connectivity index is 2.77. The summed E-state index contributed by atoms with van der Waals surface area (Å²) in [6, 6.07) is 0. The molecular weight excluding hydrogens is 142 g/mol. The monoisotopic (exact) mass is 151 g/mol. The van der Waals surface area contributed by atoms with E-state index < -0.39 is 0 Å². The normalized spacial score (nSPS) is 12.4. The van der Waals surface area contributed by atoms with Crippen LogP contribution >= 0.6 is 0 Å². The molecule has 1 rings (SSSR count). The van der Waals surface area contributed by atoms with Gasteiger partial charge >= 0.3 is 5.95 Å². The van der Waals surface area contributed by atoms with Gasteiger partial charge in [-0.25, -0.2) is 0 Å². The average Bonchev–Trinajstić information content (AvgIpc) is 2.36. The minimum Gasteiger partial charge on any atom is -0.479 e. The van der Waals surface area contributed by atoms with Crippen molar-refractivity contribution in [1.29, 1.82) is 0 Å². The summed E-state index contributed by atoms with van der Waals surface area (Å²) in [6.45, 7) is 1.91. The van der Waals surface area contributed by atoms with E-state index in [1.165, 1.54) is 6.20 Å². The predicted octanol–water partition coefficient (Wildman–Crippen LogP) is 1.51. The maximum atomic E-state index is 9.05. The van der Waals surface area contributed by atoms with Crippen LogP contribution in [0.2, 0.25) is 0 Å². The summed E-state index contributed by atoms with van der Waals surface area (Å²) >= 11 is 0. The molecule has 0 radical (unpaired) electrons. The number of rotatable bonds is 2. The average molecular weight is 151 g/mol. The third-order valence-electron chi connectivity index (χ3n) is 1.53. The third kappa shape index (κ3) is 1.53. The summed E-state index contributed by atoms with van der Waals surface area (Å²) < 4.78 is 4.47. The van der Waals surface area contributed by atoms with E-state index in [0.29, 0.717) is 12.0 Å². The molecule has 11 heavy (non-hydrogen) atoms. The van der Waals surface area contributed by atoms with Gasteiger partial charge in [0.15, 0.2) is 0 Å². The highest BCUT2D eigenvalue weighted by Crippen LogP contribution is 2.26. The Bertz CT molecular complexity index is 272. The first-order valence-electron chi connectivity index (χ1n) is 3.32. The molecule has 1 heterocycles. The quantitative estimate of drug-likeness (QED) is 0.651. The molecule has 0 aliphatic heterocycles. The lowest BCUT2D eigenvalue weighted by Crippen LogP contribution is -1.88. The van der Waals surface area contributed by atoms with Crippen LogP contribution in [-0.2, 0) is 0 Å². The Morgan fingerprint density at radius 2 is 2.64 bits per heavy atom. The molecule has 0 amide bonds. The van der Waals surface area contributed by atoms with Gasteiger partial charge in [-0.15, -0.1) is 12.3 Å². The van der Waals surface area contributed by atoms with Gasteiger partial charge in [-0.05, 0) is 0 Å². The molecule has 1 aromatic heterocycles. The predicted molar refractivity (Wildman–Crippen MR) is 40.0 cm³/mol. The number of terminal acetylenes is 1. The minimum atomic E-state index is -0.132. The van der Waals surface area contributed by atoms with Crippen molar-refractivity contribution in [2.75, 3.05) is 0 Å². The smallest absolute Gasteiger partial charge is 0.312 e. The van der Waals surface area contributed by atoms with Gasteiger partial charge < -0.3 is 9.63 Å². The summed E-state index contributed by atoms with van der Waals surface area (Å²) in [5, 5.41) is 12.5. The van der Waals surface area contributed by atoms with Crippen LogP contribution in [0.25, 0.3) is 0 Å². The Labute approximate surface area is 65.0 Å².